The third-order valence-electron chi connectivity index (χ3n) is 4.30. The van der Waals surface area contributed by atoms with Crippen molar-refractivity contribution in [2.24, 2.45) is 5.92 Å². The fourth-order valence-corrected chi connectivity index (χ4v) is 2.90. The van der Waals surface area contributed by atoms with E-state index < -0.39 is 0 Å². The molecule has 1 aromatic carbocycles. The summed E-state index contributed by atoms with van der Waals surface area (Å²) in [5.74, 6) is 2.19. The highest BCUT2D eigenvalue weighted by atomic mass is 16.5. The lowest BCUT2D eigenvalue weighted by Gasteiger charge is -2.23. The molecule has 2 aromatic rings. The maximum absolute atomic E-state index is 11.7. The van der Waals surface area contributed by atoms with Gasteiger partial charge in [0.15, 0.2) is 0 Å². The topological polar surface area (TPSA) is 67.0 Å². The third-order valence-corrected chi connectivity index (χ3v) is 4.30. The number of H-pyrrole nitrogens is 1. The van der Waals surface area contributed by atoms with Gasteiger partial charge in [0.2, 0.25) is 0 Å². The number of aromatic nitrogens is 2. The van der Waals surface area contributed by atoms with Crippen LogP contribution >= 0.6 is 0 Å². The molecule has 1 aliphatic carbocycles. The van der Waals surface area contributed by atoms with Gasteiger partial charge in [-0.3, -0.25) is 4.79 Å². The minimum atomic E-state index is -0.103. The van der Waals surface area contributed by atoms with Gasteiger partial charge in [0.1, 0.15) is 11.6 Å². The summed E-state index contributed by atoms with van der Waals surface area (Å²) in [6.45, 7) is 3.88. The Morgan fingerprint density at radius 2 is 2.00 bits per heavy atom. The van der Waals surface area contributed by atoms with Crippen LogP contribution in [0, 0.1) is 12.8 Å². The highest BCUT2D eigenvalue weighted by Crippen LogP contribution is 2.42. The summed E-state index contributed by atoms with van der Waals surface area (Å²) in [7, 11) is 1.67. The molecule has 0 amide bonds. The summed E-state index contributed by atoms with van der Waals surface area (Å²) in [6, 6.07) is 9.95. The van der Waals surface area contributed by atoms with Crippen LogP contribution in [0.4, 0.5) is 0 Å². The fraction of sp³-hybridized carbons (Fsp3) is 0.444. The molecule has 0 aliphatic heterocycles. The predicted molar refractivity (Wildman–Crippen MR) is 89.6 cm³/mol. The molecule has 0 unspecified atom stereocenters. The van der Waals surface area contributed by atoms with E-state index in [0.717, 1.165) is 11.4 Å². The Hall–Kier alpha value is -2.14. The Labute approximate surface area is 136 Å². The number of hydrogen-bond donors (Lipinski definition) is 2. The summed E-state index contributed by atoms with van der Waals surface area (Å²) >= 11 is 0. The molecular weight excluding hydrogens is 290 g/mol. The maximum Gasteiger partial charge on any atom is 0.251 e. The molecular formula is C18H23N3O2. The van der Waals surface area contributed by atoms with Crippen LogP contribution in [0.25, 0.3) is 0 Å². The van der Waals surface area contributed by atoms with Crippen molar-refractivity contribution in [2.45, 2.75) is 38.8 Å². The van der Waals surface area contributed by atoms with Crippen LogP contribution in [0.5, 0.6) is 5.75 Å². The molecule has 1 fully saturated rings. The molecule has 1 aliphatic rings. The van der Waals surface area contributed by atoms with Crippen LogP contribution < -0.4 is 15.6 Å². The Bertz CT molecular complexity index is 720. The minimum Gasteiger partial charge on any atom is -0.497 e. The van der Waals surface area contributed by atoms with Gasteiger partial charge < -0.3 is 15.0 Å². The second kappa shape index (κ2) is 6.54. The first-order valence-corrected chi connectivity index (χ1v) is 8.04. The Balaban J connectivity index is 1.80. The summed E-state index contributed by atoms with van der Waals surface area (Å²) in [5, 5.41) is 3.63. The Morgan fingerprint density at radius 3 is 2.57 bits per heavy atom. The molecule has 0 spiro atoms. The predicted octanol–water partition coefficient (Wildman–Crippen LogP) is 2.89. The Kier molecular flexibility index (Phi) is 4.48. The summed E-state index contributed by atoms with van der Waals surface area (Å²) in [4.78, 5) is 18.9. The zero-order valence-corrected chi connectivity index (χ0v) is 13.8. The minimum absolute atomic E-state index is 0.0182. The van der Waals surface area contributed by atoms with E-state index in [2.05, 4.69) is 27.4 Å². The molecule has 2 N–H and O–H groups in total. The van der Waals surface area contributed by atoms with E-state index in [0.29, 0.717) is 11.7 Å². The fourth-order valence-electron chi connectivity index (χ4n) is 2.90. The molecule has 3 rings (SSSR count). The quantitative estimate of drug-likeness (QED) is 0.860. The molecule has 122 valence electrons. The second-order valence-electron chi connectivity index (χ2n) is 6.25. The van der Waals surface area contributed by atoms with Gasteiger partial charge in [-0.25, -0.2) is 4.98 Å². The van der Waals surface area contributed by atoms with Crippen molar-refractivity contribution in [3.05, 3.63) is 57.8 Å². The van der Waals surface area contributed by atoms with Crippen LogP contribution in [0.2, 0.25) is 0 Å². The average molecular weight is 313 g/mol. The van der Waals surface area contributed by atoms with Crippen LogP contribution in [-0.4, -0.2) is 17.1 Å². The van der Waals surface area contributed by atoms with Crippen molar-refractivity contribution < 1.29 is 4.74 Å². The van der Waals surface area contributed by atoms with E-state index in [9.17, 15) is 4.79 Å². The maximum atomic E-state index is 11.7. The van der Waals surface area contributed by atoms with Gasteiger partial charge in [0.25, 0.3) is 5.56 Å². The average Bonchev–Trinajstić information content (AvgIpc) is 3.36. The van der Waals surface area contributed by atoms with Crippen molar-refractivity contribution in [3.63, 3.8) is 0 Å². The smallest absolute Gasteiger partial charge is 0.251 e. The second-order valence-corrected chi connectivity index (χ2v) is 6.25. The molecule has 0 radical (unpaired) electrons. The van der Waals surface area contributed by atoms with Gasteiger partial charge in [0.05, 0.1) is 13.2 Å². The first-order chi connectivity index (χ1) is 11.1. The van der Waals surface area contributed by atoms with Crippen LogP contribution in [0.3, 0.4) is 0 Å². The van der Waals surface area contributed by atoms with Crippen LogP contribution in [0.1, 0.15) is 48.9 Å². The largest absolute Gasteiger partial charge is 0.497 e. The first-order valence-electron chi connectivity index (χ1n) is 8.04. The van der Waals surface area contributed by atoms with Crippen LogP contribution in [-0.2, 0) is 0 Å². The summed E-state index contributed by atoms with van der Waals surface area (Å²) < 4.78 is 5.23. The summed E-state index contributed by atoms with van der Waals surface area (Å²) in [5.41, 5.74) is 1.88. The number of benzene rings is 1. The zero-order valence-electron chi connectivity index (χ0n) is 13.8. The molecule has 5 heteroatoms. The van der Waals surface area contributed by atoms with E-state index >= 15 is 0 Å². The molecule has 2 atom stereocenters. The number of hydrogen-bond acceptors (Lipinski definition) is 4. The SMILES string of the molecule is COc1ccc([C@H](N[C@H](C)c2nc(C)cc(=O)[nH]2)C2CC2)cc1. The number of nitrogens with one attached hydrogen (secondary N) is 2. The highest BCUT2D eigenvalue weighted by molar-refractivity contribution is 5.30. The number of aryl methyl sites for hydroxylation is 1. The number of aromatic amines is 1. The molecule has 1 aromatic heterocycles. The zero-order chi connectivity index (χ0) is 16.4. The highest BCUT2D eigenvalue weighted by Gasteiger charge is 2.33. The number of nitrogens with zero attached hydrogens (tertiary/aromatic N) is 1. The molecule has 0 bridgehead atoms. The number of rotatable bonds is 6. The first kappa shape index (κ1) is 15.7. The molecule has 5 nitrogen and oxygen atoms in total. The normalized spacial score (nSPS) is 16.8. The lowest BCUT2D eigenvalue weighted by molar-refractivity contribution is 0.407. The van der Waals surface area contributed by atoms with Gasteiger partial charge in [-0.1, -0.05) is 12.1 Å². The van der Waals surface area contributed by atoms with Crippen molar-refractivity contribution in [2.75, 3.05) is 7.11 Å². The lowest BCUT2D eigenvalue weighted by atomic mass is 10.0. The molecule has 1 heterocycles. The monoisotopic (exact) mass is 313 g/mol. The van der Waals surface area contributed by atoms with E-state index in [1.807, 2.05) is 26.0 Å². The van der Waals surface area contributed by atoms with Crippen molar-refractivity contribution in [1.82, 2.24) is 15.3 Å². The third kappa shape index (κ3) is 3.79. The van der Waals surface area contributed by atoms with Crippen LogP contribution in [0.15, 0.2) is 35.1 Å². The number of ether oxygens (including phenoxy) is 1. The van der Waals surface area contributed by atoms with Gasteiger partial charge in [-0.05, 0) is 50.3 Å². The van der Waals surface area contributed by atoms with E-state index in [-0.39, 0.29) is 17.6 Å². The van der Waals surface area contributed by atoms with Gasteiger partial charge >= 0.3 is 0 Å². The van der Waals surface area contributed by atoms with Crippen molar-refractivity contribution in [3.8, 4) is 5.75 Å². The Morgan fingerprint density at radius 1 is 1.30 bits per heavy atom. The molecule has 0 saturated heterocycles. The van der Waals surface area contributed by atoms with E-state index in [4.69, 9.17) is 4.74 Å². The standard InChI is InChI=1S/C18H23N3O2/c1-11-10-16(22)21-18(19-11)12(2)20-17(13-4-5-13)14-6-8-15(23-3)9-7-14/h6-10,12-13,17,20H,4-5H2,1-3H3,(H,19,21,22)/t12-,17-/m1/s1. The van der Waals surface area contributed by atoms with Gasteiger partial charge in [0, 0.05) is 17.8 Å². The van der Waals surface area contributed by atoms with Crippen molar-refractivity contribution >= 4 is 0 Å². The van der Waals surface area contributed by atoms with Gasteiger partial charge in [-0.15, -0.1) is 0 Å². The number of methoxy groups -OCH3 is 1. The molecule has 1 saturated carbocycles. The molecule has 23 heavy (non-hydrogen) atoms. The lowest BCUT2D eigenvalue weighted by Crippen LogP contribution is -2.29. The van der Waals surface area contributed by atoms with Gasteiger partial charge in [-0.2, -0.15) is 0 Å². The van der Waals surface area contributed by atoms with E-state index in [1.54, 1.807) is 7.11 Å². The van der Waals surface area contributed by atoms with Crippen molar-refractivity contribution in [1.29, 1.82) is 0 Å². The summed E-state index contributed by atoms with van der Waals surface area (Å²) in [6.07, 6.45) is 2.46. The van der Waals surface area contributed by atoms with E-state index in [1.165, 1.54) is 24.5 Å².